The molecule has 1 aromatic carbocycles. The molecule has 0 amide bonds. The number of hydrogen-bond donors (Lipinski definition) is 0. The van der Waals surface area contributed by atoms with E-state index in [-0.39, 0.29) is 11.7 Å². The highest BCUT2D eigenvalue weighted by Gasteiger charge is 2.07. The smallest absolute Gasteiger partial charge is 0.158 e. The molecule has 1 aromatic rings. The lowest BCUT2D eigenvalue weighted by molar-refractivity contribution is -0.117. The number of ketones is 1. The Balaban J connectivity index is 2.64. The Morgan fingerprint density at radius 2 is 1.89 bits per heavy atom. The number of carbonyl (C=O) groups excluding carboxylic acids is 1. The fraction of sp³-hybridized carbons (Fsp3) is 0.438. The summed E-state index contributed by atoms with van der Waals surface area (Å²) in [7, 11) is 4.03. The molecular weight excluding hydrogens is 222 g/mol. The van der Waals surface area contributed by atoms with Crippen LogP contribution < -0.4 is 4.90 Å². The van der Waals surface area contributed by atoms with E-state index >= 15 is 0 Å². The molecule has 0 aromatic heterocycles. The van der Waals surface area contributed by atoms with Crippen LogP contribution in [0.3, 0.4) is 0 Å². The lowest BCUT2D eigenvalue weighted by Gasteiger charge is -2.11. The van der Waals surface area contributed by atoms with Crippen molar-refractivity contribution in [2.24, 2.45) is 5.92 Å². The highest BCUT2D eigenvalue weighted by Crippen LogP contribution is 2.14. The van der Waals surface area contributed by atoms with Crippen molar-refractivity contribution in [1.82, 2.24) is 0 Å². The second-order valence-corrected chi connectivity index (χ2v) is 4.91. The molecule has 0 spiro atoms. The van der Waals surface area contributed by atoms with E-state index in [2.05, 4.69) is 24.0 Å². The van der Waals surface area contributed by atoms with E-state index in [1.54, 1.807) is 6.08 Å². The number of anilines is 1. The average molecular weight is 245 g/mol. The molecule has 0 fully saturated rings. The van der Waals surface area contributed by atoms with Gasteiger partial charge in [-0.15, -0.1) is 0 Å². The maximum Gasteiger partial charge on any atom is 0.158 e. The van der Waals surface area contributed by atoms with Crippen LogP contribution in [-0.4, -0.2) is 19.9 Å². The normalized spacial score (nSPS) is 12.7. The first-order valence-corrected chi connectivity index (χ1v) is 6.54. The Bertz CT molecular complexity index is 404. The van der Waals surface area contributed by atoms with Crippen molar-refractivity contribution in [3.8, 4) is 0 Å². The summed E-state index contributed by atoms with van der Waals surface area (Å²) >= 11 is 0. The van der Waals surface area contributed by atoms with Gasteiger partial charge in [-0.2, -0.15) is 0 Å². The number of benzene rings is 1. The van der Waals surface area contributed by atoms with E-state index in [0.29, 0.717) is 0 Å². The molecular formula is C16H23NO. The van der Waals surface area contributed by atoms with Crippen molar-refractivity contribution in [3.05, 3.63) is 35.9 Å². The second kappa shape index (κ2) is 7.00. The van der Waals surface area contributed by atoms with Crippen LogP contribution in [0.5, 0.6) is 0 Å². The molecule has 0 heterocycles. The van der Waals surface area contributed by atoms with Gasteiger partial charge in [0.25, 0.3) is 0 Å². The van der Waals surface area contributed by atoms with Gasteiger partial charge in [-0.25, -0.2) is 0 Å². The lowest BCUT2D eigenvalue weighted by atomic mass is 10.00. The molecule has 98 valence electrons. The maximum atomic E-state index is 11.8. The number of hydrogen-bond acceptors (Lipinski definition) is 2. The van der Waals surface area contributed by atoms with Crippen molar-refractivity contribution in [2.75, 3.05) is 19.0 Å². The van der Waals surface area contributed by atoms with Crippen LogP contribution in [-0.2, 0) is 4.79 Å². The average Bonchev–Trinajstić information content (AvgIpc) is 2.36. The molecule has 0 saturated heterocycles. The van der Waals surface area contributed by atoms with Crippen molar-refractivity contribution in [3.63, 3.8) is 0 Å². The van der Waals surface area contributed by atoms with Crippen molar-refractivity contribution in [2.45, 2.75) is 26.7 Å². The molecule has 1 rings (SSSR count). The summed E-state index contributed by atoms with van der Waals surface area (Å²) < 4.78 is 0. The maximum absolute atomic E-state index is 11.8. The first-order chi connectivity index (χ1) is 8.54. The van der Waals surface area contributed by atoms with Gasteiger partial charge in [0.15, 0.2) is 5.78 Å². The van der Waals surface area contributed by atoms with E-state index in [9.17, 15) is 4.79 Å². The van der Waals surface area contributed by atoms with Crippen LogP contribution in [0.15, 0.2) is 30.3 Å². The molecule has 0 radical (unpaired) electrons. The van der Waals surface area contributed by atoms with Crippen LogP contribution in [0.25, 0.3) is 6.08 Å². The number of rotatable bonds is 6. The molecule has 0 aliphatic carbocycles. The molecule has 0 bridgehead atoms. The van der Waals surface area contributed by atoms with Crippen LogP contribution in [0.1, 0.15) is 32.3 Å². The van der Waals surface area contributed by atoms with Gasteiger partial charge < -0.3 is 4.90 Å². The Labute approximate surface area is 110 Å². The minimum atomic E-state index is 0.132. The third-order valence-corrected chi connectivity index (χ3v) is 3.06. The summed E-state index contributed by atoms with van der Waals surface area (Å²) in [5, 5.41) is 0. The molecule has 18 heavy (non-hydrogen) atoms. The fourth-order valence-corrected chi connectivity index (χ4v) is 1.80. The zero-order chi connectivity index (χ0) is 13.5. The van der Waals surface area contributed by atoms with Gasteiger partial charge in [0.1, 0.15) is 0 Å². The minimum absolute atomic E-state index is 0.132. The quantitative estimate of drug-likeness (QED) is 0.711. The Morgan fingerprint density at radius 1 is 1.28 bits per heavy atom. The summed E-state index contributed by atoms with van der Waals surface area (Å²) in [6.45, 7) is 4.10. The second-order valence-electron chi connectivity index (χ2n) is 4.91. The zero-order valence-electron chi connectivity index (χ0n) is 11.8. The van der Waals surface area contributed by atoms with Crippen LogP contribution >= 0.6 is 0 Å². The van der Waals surface area contributed by atoms with Gasteiger partial charge in [0, 0.05) is 25.7 Å². The Morgan fingerprint density at radius 3 is 2.39 bits per heavy atom. The van der Waals surface area contributed by atoms with Gasteiger partial charge in [0.2, 0.25) is 0 Å². The largest absolute Gasteiger partial charge is 0.378 e. The van der Waals surface area contributed by atoms with Crippen LogP contribution in [0.2, 0.25) is 0 Å². The van der Waals surface area contributed by atoms with E-state index in [4.69, 9.17) is 0 Å². The monoisotopic (exact) mass is 245 g/mol. The van der Waals surface area contributed by atoms with Crippen molar-refractivity contribution >= 4 is 17.5 Å². The highest BCUT2D eigenvalue weighted by molar-refractivity contribution is 5.95. The molecule has 0 aliphatic heterocycles. The standard InChI is InChI=1S/C16H23NO/c1-5-6-13(2)16(18)12-9-14-7-10-15(11-8-14)17(3)4/h7-13H,5-6H2,1-4H3/b12-9+. The van der Waals surface area contributed by atoms with Crippen molar-refractivity contribution < 1.29 is 4.79 Å². The molecule has 0 aliphatic rings. The van der Waals surface area contributed by atoms with Gasteiger partial charge >= 0.3 is 0 Å². The van der Waals surface area contributed by atoms with E-state index in [1.807, 2.05) is 39.2 Å². The van der Waals surface area contributed by atoms with Crippen molar-refractivity contribution in [1.29, 1.82) is 0 Å². The number of carbonyl (C=O) groups is 1. The predicted octanol–water partition coefficient (Wildman–Crippen LogP) is 3.77. The zero-order valence-corrected chi connectivity index (χ0v) is 11.8. The fourth-order valence-electron chi connectivity index (χ4n) is 1.80. The topological polar surface area (TPSA) is 20.3 Å². The summed E-state index contributed by atoms with van der Waals surface area (Å²) in [5.74, 6) is 0.348. The summed E-state index contributed by atoms with van der Waals surface area (Å²) in [6.07, 6.45) is 5.61. The minimum Gasteiger partial charge on any atom is -0.378 e. The molecule has 2 heteroatoms. The van der Waals surface area contributed by atoms with Crippen LogP contribution in [0.4, 0.5) is 5.69 Å². The third-order valence-electron chi connectivity index (χ3n) is 3.06. The predicted molar refractivity (Wildman–Crippen MR) is 78.9 cm³/mol. The number of allylic oxidation sites excluding steroid dienone is 1. The van der Waals surface area contributed by atoms with Gasteiger partial charge in [0.05, 0.1) is 0 Å². The Hall–Kier alpha value is -1.57. The lowest BCUT2D eigenvalue weighted by Crippen LogP contribution is -2.08. The van der Waals surface area contributed by atoms with Gasteiger partial charge in [-0.05, 0) is 30.2 Å². The van der Waals surface area contributed by atoms with Gasteiger partial charge in [-0.1, -0.05) is 38.5 Å². The SMILES string of the molecule is CCCC(C)C(=O)/C=C/c1ccc(N(C)C)cc1. The summed E-state index contributed by atoms with van der Waals surface area (Å²) in [6, 6.07) is 8.17. The first-order valence-electron chi connectivity index (χ1n) is 6.54. The van der Waals surface area contributed by atoms with E-state index in [0.717, 1.165) is 24.1 Å². The molecule has 0 saturated carbocycles. The van der Waals surface area contributed by atoms with E-state index < -0.39 is 0 Å². The van der Waals surface area contributed by atoms with Crippen LogP contribution in [0, 0.1) is 5.92 Å². The Kier molecular flexibility index (Phi) is 5.63. The molecule has 2 nitrogen and oxygen atoms in total. The third kappa shape index (κ3) is 4.36. The van der Waals surface area contributed by atoms with E-state index in [1.165, 1.54) is 0 Å². The summed E-state index contributed by atoms with van der Waals surface area (Å²) in [4.78, 5) is 13.8. The molecule has 1 unspecified atom stereocenters. The highest BCUT2D eigenvalue weighted by atomic mass is 16.1. The molecule has 0 N–H and O–H groups in total. The summed E-state index contributed by atoms with van der Waals surface area (Å²) in [5.41, 5.74) is 2.23. The first kappa shape index (κ1) is 14.5. The molecule has 1 atom stereocenters. The van der Waals surface area contributed by atoms with Gasteiger partial charge in [-0.3, -0.25) is 4.79 Å². The number of nitrogens with zero attached hydrogens (tertiary/aromatic N) is 1.